The van der Waals surface area contributed by atoms with Crippen molar-refractivity contribution < 1.29 is 9.69 Å². The number of nitriles is 1. The predicted molar refractivity (Wildman–Crippen MR) is 99.0 cm³/mol. The van der Waals surface area contributed by atoms with Crippen LogP contribution in [0.4, 0.5) is 5.69 Å². The summed E-state index contributed by atoms with van der Waals surface area (Å²) in [7, 11) is 0. The van der Waals surface area contributed by atoms with Gasteiger partial charge < -0.3 is 14.7 Å². The van der Waals surface area contributed by atoms with Gasteiger partial charge in [-0.2, -0.15) is 5.26 Å². The molecule has 134 valence electrons. The summed E-state index contributed by atoms with van der Waals surface area (Å²) < 4.78 is 0. The van der Waals surface area contributed by atoms with Crippen molar-refractivity contribution in [2.75, 3.05) is 50.7 Å². The Balaban J connectivity index is 1.55. The number of halogens is 1. The number of carbonyl (C=O) groups excluding carboxylic acids is 1. The molecule has 3 rings (SSSR count). The van der Waals surface area contributed by atoms with E-state index in [-0.39, 0.29) is 0 Å². The lowest BCUT2D eigenvalue weighted by Gasteiger charge is -2.34. The summed E-state index contributed by atoms with van der Waals surface area (Å²) in [4.78, 5) is 18.2. The standard InChI is InChI=1S/C19H25ClN4O/c20-17-6-5-7-18(16(17)14-21)23-12-10-22(11-13-23)15-19(25)24-8-3-1-2-4-9-24/h5-7H,1-4,8-13,15H2/p+1. The van der Waals surface area contributed by atoms with Crippen LogP contribution in [0.25, 0.3) is 0 Å². The first-order valence-electron chi connectivity index (χ1n) is 9.24. The fourth-order valence-corrected chi connectivity index (χ4v) is 3.99. The Morgan fingerprint density at radius 1 is 1.12 bits per heavy atom. The molecule has 1 N–H and O–H groups in total. The Labute approximate surface area is 154 Å². The first-order valence-corrected chi connectivity index (χ1v) is 9.62. The van der Waals surface area contributed by atoms with Crippen LogP contribution in [-0.2, 0) is 4.79 Å². The summed E-state index contributed by atoms with van der Waals surface area (Å²) in [5, 5.41) is 9.86. The van der Waals surface area contributed by atoms with Gasteiger partial charge in [-0.05, 0) is 25.0 Å². The van der Waals surface area contributed by atoms with Crippen LogP contribution >= 0.6 is 11.6 Å². The maximum atomic E-state index is 12.5. The molecule has 2 aliphatic heterocycles. The third kappa shape index (κ3) is 4.45. The van der Waals surface area contributed by atoms with Gasteiger partial charge in [0.15, 0.2) is 6.54 Å². The number of benzene rings is 1. The quantitative estimate of drug-likeness (QED) is 0.883. The van der Waals surface area contributed by atoms with E-state index in [1.807, 2.05) is 12.1 Å². The summed E-state index contributed by atoms with van der Waals surface area (Å²) in [6, 6.07) is 7.81. The average molecular weight is 362 g/mol. The molecule has 2 saturated heterocycles. The lowest BCUT2D eigenvalue weighted by atomic mass is 10.1. The van der Waals surface area contributed by atoms with Crippen LogP contribution in [-0.4, -0.2) is 56.6 Å². The Kier molecular flexibility index (Phi) is 6.17. The fraction of sp³-hybridized carbons (Fsp3) is 0.579. The van der Waals surface area contributed by atoms with Crippen LogP contribution in [0.2, 0.25) is 5.02 Å². The van der Waals surface area contributed by atoms with Crippen molar-refractivity contribution in [3.63, 3.8) is 0 Å². The van der Waals surface area contributed by atoms with Crippen molar-refractivity contribution in [2.24, 2.45) is 0 Å². The molecule has 6 heteroatoms. The Hall–Kier alpha value is -1.77. The zero-order valence-electron chi connectivity index (χ0n) is 14.6. The minimum Gasteiger partial charge on any atom is -0.359 e. The van der Waals surface area contributed by atoms with E-state index in [2.05, 4.69) is 15.9 Å². The molecule has 0 saturated carbocycles. The highest BCUT2D eigenvalue weighted by Crippen LogP contribution is 2.26. The molecule has 0 spiro atoms. The van der Waals surface area contributed by atoms with E-state index >= 15 is 0 Å². The van der Waals surface area contributed by atoms with Crippen molar-refractivity contribution >= 4 is 23.2 Å². The zero-order chi connectivity index (χ0) is 17.6. The number of hydrogen-bond donors (Lipinski definition) is 1. The van der Waals surface area contributed by atoms with E-state index < -0.39 is 0 Å². The number of quaternary nitrogens is 1. The minimum absolute atomic E-state index is 0.297. The SMILES string of the molecule is N#Cc1c(Cl)cccc1N1CC[NH+](CC(=O)N2CCCCCC2)CC1. The normalized spacial score (nSPS) is 19.4. The topological polar surface area (TPSA) is 51.8 Å². The molecule has 0 bridgehead atoms. The second-order valence-corrected chi connectivity index (χ2v) is 7.36. The van der Waals surface area contributed by atoms with Gasteiger partial charge in [0.2, 0.25) is 0 Å². The summed E-state index contributed by atoms with van der Waals surface area (Å²) in [5.41, 5.74) is 1.46. The monoisotopic (exact) mass is 361 g/mol. The van der Waals surface area contributed by atoms with E-state index in [1.54, 1.807) is 6.07 Å². The van der Waals surface area contributed by atoms with Gasteiger partial charge in [0.05, 0.1) is 42.5 Å². The molecule has 1 aromatic carbocycles. The highest BCUT2D eigenvalue weighted by molar-refractivity contribution is 6.32. The van der Waals surface area contributed by atoms with Crippen molar-refractivity contribution in [1.29, 1.82) is 5.26 Å². The van der Waals surface area contributed by atoms with Gasteiger partial charge in [0.25, 0.3) is 5.91 Å². The fourth-order valence-electron chi connectivity index (χ4n) is 3.77. The third-order valence-corrected chi connectivity index (χ3v) is 5.59. The van der Waals surface area contributed by atoms with Gasteiger partial charge >= 0.3 is 0 Å². The summed E-state index contributed by atoms with van der Waals surface area (Å²) in [6.07, 6.45) is 4.77. The predicted octanol–water partition coefficient (Wildman–Crippen LogP) is 1.32. The van der Waals surface area contributed by atoms with E-state index in [0.29, 0.717) is 23.0 Å². The summed E-state index contributed by atoms with van der Waals surface area (Å²) >= 11 is 6.14. The van der Waals surface area contributed by atoms with Gasteiger partial charge in [0, 0.05) is 13.1 Å². The number of piperazine rings is 1. The van der Waals surface area contributed by atoms with Gasteiger partial charge in [0.1, 0.15) is 6.07 Å². The number of likely N-dealkylation sites (tertiary alicyclic amines) is 1. The van der Waals surface area contributed by atoms with E-state index in [9.17, 15) is 10.1 Å². The van der Waals surface area contributed by atoms with Crippen molar-refractivity contribution in [1.82, 2.24) is 4.90 Å². The molecule has 0 radical (unpaired) electrons. The van der Waals surface area contributed by atoms with Gasteiger partial charge in [-0.15, -0.1) is 0 Å². The second kappa shape index (κ2) is 8.55. The Bertz CT molecular complexity index is 641. The smallest absolute Gasteiger partial charge is 0.277 e. The molecule has 2 fully saturated rings. The first kappa shape index (κ1) is 18.0. The first-order chi connectivity index (χ1) is 12.2. The van der Waals surface area contributed by atoms with Crippen LogP contribution in [0, 0.1) is 11.3 Å². The molecule has 0 atom stereocenters. The van der Waals surface area contributed by atoms with Crippen molar-refractivity contribution in [3.05, 3.63) is 28.8 Å². The maximum Gasteiger partial charge on any atom is 0.277 e. The molecule has 2 aliphatic rings. The average Bonchev–Trinajstić information content (AvgIpc) is 2.92. The number of rotatable bonds is 3. The van der Waals surface area contributed by atoms with E-state index in [4.69, 9.17) is 11.6 Å². The molecule has 1 aromatic rings. The van der Waals surface area contributed by atoms with E-state index in [1.165, 1.54) is 17.7 Å². The lowest BCUT2D eigenvalue weighted by Crippen LogP contribution is -3.15. The van der Waals surface area contributed by atoms with Crippen molar-refractivity contribution in [3.8, 4) is 6.07 Å². The van der Waals surface area contributed by atoms with Crippen LogP contribution < -0.4 is 9.80 Å². The Morgan fingerprint density at radius 2 is 1.80 bits per heavy atom. The molecule has 0 aromatic heterocycles. The summed E-state index contributed by atoms with van der Waals surface area (Å²) in [5.74, 6) is 0.297. The molecule has 0 unspecified atom stereocenters. The number of nitrogens with zero attached hydrogens (tertiary/aromatic N) is 3. The number of amides is 1. The number of hydrogen-bond acceptors (Lipinski definition) is 3. The Morgan fingerprint density at radius 3 is 2.44 bits per heavy atom. The second-order valence-electron chi connectivity index (χ2n) is 6.95. The lowest BCUT2D eigenvalue weighted by molar-refractivity contribution is -0.892. The van der Waals surface area contributed by atoms with E-state index in [0.717, 1.165) is 57.8 Å². The zero-order valence-corrected chi connectivity index (χ0v) is 15.4. The largest absolute Gasteiger partial charge is 0.359 e. The van der Waals surface area contributed by atoms with Crippen molar-refractivity contribution in [2.45, 2.75) is 25.7 Å². The van der Waals surface area contributed by atoms with Crippen LogP contribution in [0.1, 0.15) is 31.2 Å². The van der Waals surface area contributed by atoms with Crippen LogP contribution in [0.15, 0.2) is 18.2 Å². The molecule has 2 heterocycles. The molecular weight excluding hydrogens is 336 g/mol. The van der Waals surface area contributed by atoms with Crippen LogP contribution in [0.5, 0.6) is 0 Å². The van der Waals surface area contributed by atoms with Crippen LogP contribution in [0.3, 0.4) is 0 Å². The number of nitrogens with one attached hydrogen (secondary N) is 1. The maximum absolute atomic E-state index is 12.5. The van der Waals surface area contributed by atoms with Gasteiger partial charge in [-0.25, -0.2) is 0 Å². The number of carbonyl (C=O) groups is 1. The van der Waals surface area contributed by atoms with Gasteiger partial charge in [-0.1, -0.05) is 30.5 Å². The number of anilines is 1. The molecule has 1 amide bonds. The molecular formula is C19H26ClN4O+. The highest BCUT2D eigenvalue weighted by Gasteiger charge is 2.26. The molecule has 25 heavy (non-hydrogen) atoms. The minimum atomic E-state index is 0.297. The highest BCUT2D eigenvalue weighted by atomic mass is 35.5. The molecule has 5 nitrogen and oxygen atoms in total. The van der Waals surface area contributed by atoms with Gasteiger partial charge in [-0.3, -0.25) is 4.79 Å². The third-order valence-electron chi connectivity index (χ3n) is 5.27. The summed E-state index contributed by atoms with van der Waals surface area (Å²) in [6.45, 7) is 5.95. The molecule has 0 aliphatic carbocycles.